The minimum absolute atomic E-state index is 0.940. The first-order chi connectivity index (χ1) is 7.88. The molecule has 1 aliphatic rings. The van der Waals surface area contributed by atoms with E-state index < -0.39 is 0 Å². The molecule has 1 saturated carbocycles. The van der Waals surface area contributed by atoms with E-state index in [1.807, 2.05) is 0 Å². The molecule has 0 bridgehead atoms. The summed E-state index contributed by atoms with van der Waals surface area (Å²) < 4.78 is 0. The molecule has 0 aromatic heterocycles. The second kappa shape index (κ2) is 6.05. The molecule has 2 rings (SSSR count). The van der Waals surface area contributed by atoms with E-state index in [2.05, 4.69) is 36.5 Å². The summed E-state index contributed by atoms with van der Waals surface area (Å²) in [6.45, 7) is 4.43. The van der Waals surface area contributed by atoms with Gasteiger partial charge in [-0.1, -0.05) is 44.0 Å². The Bertz CT molecular complexity index is 296. The van der Waals surface area contributed by atoms with Gasteiger partial charge in [0, 0.05) is 6.54 Å². The summed E-state index contributed by atoms with van der Waals surface area (Å²) >= 11 is 0. The van der Waals surface area contributed by atoms with Crippen molar-refractivity contribution in [3.8, 4) is 0 Å². The van der Waals surface area contributed by atoms with Crippen LogP contribution in [0.4, 0.5) is 0 Å². The Morgan fingerprint density at radius 1 is 1.06 bits per heavy atom. The van der Waals surface area contributed by atoms with Crippen LogP contribution in [0, 0.1) is 5.92 Å². The maximum Gasteiger partial charge on any atom is 0.0205 e. The van der Waals surface area contributed by atoms with Gasteiger partial charge in [-0.3, -0.25) is 0 Å². The van der Waals surface area contributed by atoms with Gasteiger partial charge in [0.25, 0.3) is 0 Å². The summed E-state index contributed by atoms with van der Waals surface area (Å²) in [5.41, 5.74) is 2.84. The molecule has 0 heterocycles. The average molecular weight is 217 g/mol. The first kappa shape index (κ1) is 11.7. The molecule has 0 spiro atoms. The van der Waals surface area contributed by atoms with Crippen molar-refractivity contribution in [2.24, 2.45) is 5.92 Å². The zero-order valence-electron chi connectivity index (χ0n) is 10.3. The van der Waals surface area contributed by atoms with E-state index in [1.165, 1.54) is 43.4 Å². The monoisotopic (exact) mass is 217 g/mol. The lowest BCUT2D eigenvalue weighted by Crippen LogP contribution is -2.20. The van der Waals surface area contributed by atoms with Crippen LogP contribution in [0.1, 0.15) is 43.7 Å². The Hall–Kier alpha value is -0.820. The number of rotatable bonds is 5. The van der Waals surface area contributed by atoms with Crippen LogP contribution in [-0.2, 0) is 13.0 Å². The third-order valence-electron chi connectivity index (χ3n) is 3.67. The molecule has 0 radical (unpaired) electrons. The minimum Gasteiger partial charge on any atom is -0.312 e. The summed E-state index contributed by atoms with van der Waals surface area (Å²) in [7, 11) is 0. The van der Waals surface area contributed by atoms with Crippen LogP contribution in [0.25, 0.3) is 0 Å². The number of benzene rings is 1. The number of hydrogen-bond acceptors (Lipinski definition) is 1. The molecule has 0 atom stereocenters. The van der Waals surface area contributed by atoms with Gasteiger partial charge in [-0.05, 0) is 42.9 Å². The average Bonchev–Trinajstić information content (AvgIpc) is 2.83. The SMILES string of the molecule is CCc1ccc(CNCC2CCCC2)cc1. The standard InChI is InChI=1S/C15H23N/c1-2-13-7-9-15(10-8-13)12-16-11-14-5-3-4-6-14/h7-10,14,16H,2-6,11-12H2,1H3. The molecule has 0 amide bonds. The summed E-state index contributed by atoms with van der Waals surface area (Å²) in [6.07, 6.45) is 6.88. The van der Waals surface area contributed by atoms with Crippen molar-refractivity contribution in [1.82, 2.24) is 5.32 Å². The van der Waals surface area contributed by atoms with Crippen LogP contribution in [0.2, 0.25) is 0 Å². The molecule has 0 saturated heterocycles. The van der Waals surface area contributed by atoms with Crippen LogP contribution in [-0.4, -0.2) is 6.54 Å². The predicted octanol–water partition coefficient (Wildman–Crippen LogP) is 3.53. The summed E-state index contributed by atoms with van der Waals surface area (Å²) in [4.78, 5) is 0. The maximum absolute atomic E-state index is 3.58. The van der Waals surface area contributed by atoms with Gasteiger partial charge in [0.1, 0.15) is 0 Å². The van der Waals surface area contributed by atoms with Crippen LogP contribution in [0.5, 0.6) is 0 Å². The molecule has 16 heavy (non-hydrogen) atoms. The molecule has 1 aromatic carbocycles. The van der Waals surface area contributed by atoms with Crippen molar-refractivity contribution in [1.29, 1.82) is 0 Å². The van der Waals surface area contributed by atoms with Gasteiger partial charge in [0.15, 0.2) is 0 Å². The highest BCUT2D eigenvalue weighted by Gasteiger charge is 2.13. The fourth-order valence-electron chi connectivity index (χ4n) is 2.53. The normalized spacial score (nSPS) is 16.8. The predicted molar refractivity (Wildman–Crippen MR) is 69.5 cm³/mol. The zero-order valence-corrected chi connectivity index (χ0v) is 10.3. The lowest BCUT2D eigenvalue weighted by molar-refractivity contribution is 0.489. The van der Waals surface area contributed by atoms with Gasteiger partial charge in [-0.25, -0.2) is 0 Å². The van der Waals surface area contributed by atoms with Gasteiger partial charge in [-0.15, -0.1) is 0 Å². The van der Waals surface area contributed by atoms with Crippen molar-refractivity contribution in [2.75, 3.05) is 6.54 Å². The minimum atomic E-state index is 0.940. The van der Waals surface area contributed by atoms with E-state index in [4.69, 9.17) is 0 Å². The summed E-state index contributed by atoms with van der Waals surface area (Å²) in [6, 6.07) is 8.99. The van der Waals surface area contributed by atoms with Crippen LogP contribution in [0.15, 0.2) is 24.3 Å². The highest BCUT2D eigenvalue weighted by atomic mass is 14.9. The van der Waals surface area contributed by atoms with Crippen LogP contribution >= 0.6 is 0 Å². The first-order valence-corrected chi connectivity index (χ1v) is 6.67. The second-order valence-electron chi connectivity index (χ2n) is 4.95. The van der Waals surface area contributed by atoms with Crippen molar-refractivity contribution >= 4 is 0 Å². The molecule has 1 aromatic rings. The van der Waals surface area contributed by atoms with Crippen molar-refractivity contribution in [2.45, 2.75) is 45.6 Å². The first-order valence-electron chi connectivity index (χ1n) is 6.67. The topological polar surface area (TPSA) is 12.0 Å². The number of aryl methyl sites for hydroxylation is 1. The van der Waals surface area contributed by atoms with Gasteiger partial charge >= 0.3 is 0 Å². The number of hydrogen-bond donors (Lipinski definition) is 1. The van der Waals surface area contributed by atoms with Gasteiger partial charge in [0.2, 0.25) is 0 Å². The van der Waals surface area contributed by atoms with E-state index in [1.54, 1.807) is 0 Å². The number of nitrogens with one attached hydrogen (secondary N) is 1. The Morgan fingerprint density at radius 2 is 1.69 bits per heavy atom. The highest BCUT2D eigenvalue weighted by molar-refractivity contribution is 5.22. The van der Waals surface area contributed by atoms with E-state index in [9.17, 15) is 0 Å². The zero-order chi connectivity index (χ0) is 11.2. The summed E-state index contributed by atoms with van der Waals surface area (Å²) in [5.74, 6) is 0.940. The molecule has 1 heteroatoms. The van der Waals surface area contributed by atoms with Gasteiger partial charge in [-0.2, -0.15) is 0 Å². The lowest BCUT2D eigenvalue weighted by Gasteiger charge is -2.10. The Balaban J connectivity index is 1.71. The third-order valence-corrected chi connectivity index (χ3v) is 3.67. The molecular formula is C15H23N. The molecule has 1 N–H and O–H groups in total. The summed E-state index contributed by atoms with van der Waals surface area (Å²) in [5, 5.41) is 3.58. The van der Waals surface area contributed by atoms with E-state index in [0.717, 1.165) is 18.9 Å². The third kappa shape index (κ3) is 3.34. The lowest BCUT2D eigenvalue weighted by atomic mass is 10.1. The Morgan fingerprint density at radius 3 is 2.31 bits per heavy atom. The Kier molecular flexibility index (Phi) is 4.41. The highest BCUT2D eigenvalue weighted by Crippen LogP contribution is 2.23. The smallest absolute Gasteiger partial charge is 0.0205 e. The fourth-order valence-corrected chi connectivity index (χ4v) is 2.53. The van der Waals surface area contributed by atoms with Crippen LogP contribution < -0.4 is 5.32 Å². The molecule has 0 unspecified atom stereocenters. The van der Waals surface area contributed by atoms with Gasteiger partial charge < -0.3 is 5.32 Å². The van der Waals surface area contributed by atoms with Crippen molar-refractivity contribution in [3.63, 3.8) is 0 Å². The quantitative estimate of drug-likeness (QED) is 0.795. The maximum atomic E-state index is 3.58. The Labute approximate surface area is 99.3 Å². The molecule has 0 aliphatic heterocycles. The largest absolute Gasteiger partial charge is 0.312 e. The molecule has 1 fully saturated rings. The van der Waals surface area contributed by atoms with E-state index in [0.29, 0.717) is 0 Å². The van der Waals surface area contributed by atoms with E-state index >= 15 is 0 Å². The second-order valence-corrected chi connectivity index (χ2v) is 4.95. The van der Waals surface area contributed by atoms with Crippen molar-refractivity contribution in [3.05, 3.63) is 35.4 Å². The fraction of sp³-hybridized carbons (Fsp3) is 0.600. The van der Waals surface area contributed by atoms with E-state index in [-0.39, 0.29) is 0 Å². The van der Waals surface area contributed by atoms with Gasteiger partial charge in [0.05, 0.1) is 0 Å². The molecule has 1 nitrogen and oxygen atoms in total. The molecule has 88 valence electrons. The van der Waals surface area contributed by atoms with Crippen molar-refractivity contribution < 1.29 is 0 Å². The molecular weight excluding hydrogens is 194 g/mol. The molecule has 1 aliphatic carbocycles. The van der Waals surface area contributed by atoms with Crippen LogP contribution in [0.3, 0.4) is 0 Å².